The Kier molecular flexibility index (Phi) is 7.64. The Hall–Kier alpha value is -3.17. The first kappa shape index (κ1) is 24.0. The molecule has 1 saturated heterocycles. The maximum Gasteiger partial charge on any atom is 0.338 e. The third kappa shape index (κ3) is 5.48. The van der Waals surface area contributed by atoms with Crippen LogP contribution in [0.2, 0.25) is 0 Å². The molecule has 1 saturated carbocycles. The SMILES string of the molecule is C=CCNC(=O)CN1CCN(CC2=C(C(=O)OC)C(c3ccccc3)NC(=O)N2C2CC2)CC1. The second-order valence-corrected chi connectivity index (χ2v) is 8.89. The van der Waals surface area contributed by atoms with E-state index < -0.39 is 12.0 Å². The predicted octanol–water partition coefficient (Wildman–Crippen LogP) is 1.26. The number of hydrogen-bond acceptors (Lipinski definition) is 6. The van der Waals surface area contributed by atoms with Crippen LogP contribution in [-0.4, -0.2) is 91.6 Å². The molecule has 34 heavy (non-hydrogen) atoms. The molecule has 2 aliphatic heterocycles. The van der Waals surface area contributed by atoms with Gasteiger partial charge in [-0.05, 0) is 18.4 Å². The lowest BCUT2D eigenvalue weighted by Gasteiger charge is -2.40. The van der Waals surface area contributed by atoms with Gasteiger partial charge in [-0.1, -0.05) is 36.4 Å². The molecule has 9 nitrogen and oxygen atoms in total. The van der Waals surface area contributed by atoms with Crippen molar-refractivity contribution in [3.63, 3.8) is 0 Å². The summed E-state index contributed by atoms with van der Waals surface area (Å²) < 4.78 is 5.18. The van der Waals surface area contributed by atoms with Crippen LogP contribution in [0.25, 0.3) is 0 Å². The van der Waals surface area contributed by atoms with Crippen LogP contribution in [0.3, 0.4) is 0 Å². The molecule has 1 unspecified atom stereocenters. The summed E-state index contributed by atoms with van der Waals surface area (Å²) in [7, 11) is 1.38. The molecule has 3 aliphatic rings. The first-order valence-electron chi connectivity index (χ1n) is 11.8. The van der Waals surface area contributed by atoms with Crippen LogP contribution in [0.4, 0.5) is 4.79 Å². The number of carbonyl (C=O) groups is 3. The van der Waals surface area contributed by atoms with Gasteiger partial charge in [0.2, 0.25) is 5.91 Å². The number of urea groups is 1. The first-order chi connectivity index (χ1) is 16.5. The van der Waals surface area contributed by atoms with Crippen molar-refractivity contribution in [2.45, 2.75) is 24.9 Å². The Morgan fingerprint density at radius 1 is 1.15 bits per heavy atom. The summed E-state index contributed by atoms with van der Waals surface area (Å²) in [6.07, 6.45) is 3.51. The number of amides is 3. The van der Waals surface area contributed by atoms with Gasteiger partial charge >= 0.3 is 12.0 Å². The molecule has 0 aromatic heterocycles. The third-order valence-electron chi connectivity index (χ3n) is 6.48. The summed E-state index contributed by atoms with van der Waals surface area (Å²) in [6, 6.07) is 8.91. The molecule has 2 heterocycles. The van der Waals surface area contributed by atoms with Gasteiger partial charge in [-0.2, -0.15) is 0 Å². The quantitative estimate of drug-likeness (QED) is 0.420. The number of carbonyl (C=O) groups excluding carboxylic acids is 3. The number of rotatable bonds is 9. The van der Waals surface area contributed by atoms with Gasteiger partial charge in [0.15, 0.2) is 0 Å². The molecule has 0 radical (unpaired) electrons. The molecule has 3 amide bonds. The Morgan fingerprint density at radius 2 is 1.82 bits per heavy atom. The fraction of sp³-hybridized carbons (Fsp3) is 0.480. The van der Waals surface area contributed by atoms with Crippen molar-refractivity contribution in [1.82, 2.24) is 25.3 Å². The van der Waals surface area contributed by atoms with Crippen molar-refractivity contribution in [3.05, 3.63) is 59.8 Å². The van der Waals surface area contributed by atoms with Crippen molar-refractivity contribution < 1.29 is 19.1 Å². The largest absolute Gasteiger partial charge is 0.466 e. The monoisotopic (exact) mass is 467 g/mol. The maximum absolute atomic E-state index is 13.2. The summed E-state index contributed by atoms with van der Waals surface area (Å²) in [5.41, 5.74) is 2.06. The fourth-order valence-corrected chi connectivity index (χ4v) is 4.57. The van der Waals surface area contributed by atoms with Crippen LogP contribution >= 0.6 is 0 Å². The van der Waals surface area contributed by atoms with Crippen molar-refractivity contribution in [2.75, 3.05) is 52.9 Å². The third-order valence-corrected chi connectivity index (χ3v) is 6.48. The molecule has 1 atom stereocenters. The van der Waals surface area contributed by atoms with Gasteiger partial charge in [-0.25, -0.2) is 9.59 Å². The predicted molar refractivity (Wildman–Crippen MR) is 128 cm³/mol. The van der Waals surface area contributed by atoms with Crippen molar-refractivity contribution in [1.29, 1.82) is 0 Å². The average molecular weight is 468 g/mol. The lowest BCUT2D eigenvalue weighted by Crippen LogP contribution is -2.54. The van der Waals surface area contributed by atoms with E-state index in [1.165, 1.54) is 7.11 Å². The van der Waals surface area contributed by atoms with E-state index in [-0.39, 0.29) is 18.0 Å². The molecule has 182 valence electrons. The number of nitrogens with one attached hydrogen (secondary N) is 2. The van der Waals surface area contributed by atoms with E-state index in [9.17, 15) is 14.4 Å². The van der Waals surface area contributed by atoms with Gasteiger partial charge in [0.1, 0.15) is 0 Å². The van der Waals surface area contributed by atoms with Crippen LogP contribution in [0.1, 0.15) is 24.4 Å². The number of piperazine rings is 1. The number of nitrogens with zero attached hydrogens (tertiary/aromatic N) is 3. The van der Waals surface area contributed by atoms with Crippen molar-refractivity contribution in [3.8, 4) is 0 Å². The van der Waals surface area contributed by atoms with E-state index in [4.69, 9.17) is 4.74 Å². The van der Waals surface area contributed by atoms with Crippen molar-refractivity contribution in [2.24, 2.45) is 0 Å². The summed E-state index contributed by atoms with van der Waals surface area (Å²) in [4.78, 5) is 44.3. The molecule has 2 N–H and O–H groups in total. The number of hydrogen-bond donors (Lipinski definition) is 2. The van der Waals surface area contributed by atoms with E-state index in [0.717, 1.165) is 50.3 Å². The van der Waals surface area contributed by atoms with Crippen LogP contribution in [-0.2, 0) is 14.3 Å². The highest BCUT2D eigenvalue weighted by Gasteiger charge is 2.44. The minimum atomic E-state index is -0.555. The molecule has 9 heteroatoms. The van der Waals surface area contributed by atoms with Gasteiger partial charge in [0.05, 0.1) is 25.3 Å². The number of methoxy groups -OCH3 is 1. The summed E-state index contributed by atoms with van der Waals surface area (Å²) in [6.45, 7) is 7.86. The van der Waals surface area contributed by atoms with Crippen LogP contribution < -0.4 is 10.6 Å². The minimum absolute atomic E-state index is 0.0152. The zero-order chi connectivity index (χ0) is 24.1. The molecule has 0 spiro atoms. The Labute approximate surface area is 200 Å². The molecule has 1 aromatic carbocycles. The van der Waals surface area contributed by atoms with E-state index in [1.54, 1.807) is 11.0 Å². The smallest absolute Gasteiger partial charge is 0.338 e. The van der Waals surface area contributed by atoms with E-state index in [2.05, 4.69) is 27.0 Å². The highest BCUT2D eigenvalue weighted by Crippen LogP contribution is 2.38. The molecule has 0 bridgehead atoms. The van der Waals surface area contributed by atoms with E-state index in [1.807, 2.05) is 30.3 Å². The minimum Gasteiger partial charge on any atom is -0.466 e. The summed E-state index contributed by atoms with van der Waals surface area (Å²) in [5, 5.41) is 5.84. The van der Waals surface area contributed by atoms with Gasteiger partial charge in [0, 0.05) is 51.0 Å². The van der Waals surface area contributed by atoms with Gasteiger partial charge in [-0.3, -0.25) is 19.5 Å². The second kappa shape index (κ2) is 10.8. The van der Waals surface area contributed by atoms with Crippen LogP contribution in [0, 0.1) is 0 Å². The van der Waals surface area contributed by atoms with E-state index >= 15 is 0 Å². The zero-order valence-corrected chi connectivity index (χ0v) is 19.7. The first-order valence-corrected chi connectivity index (χ1v) is 11.8. The van der Waals surface area contributed by atoms with Gasteiger partial charge in [0.25, 0.3) is 0 Å². The molecule has 1 aromatic rings. The molecular formula is C25H33N5O4. The van der Waals surface area contributed by atoms with Gasteiger partial charge in [-0.15, -0.1) is 6.58 Å². The Balaban J connectivity index is 1.54. The fourth-order valence-electron chi connectivity index (χ4n) is 4.57. The lowest BCUT2D eigenvalue weighted by molar-refractivity contribution is -0.136. The lowest BCUT2D eigenvalue weighted by atomic mass is 9.94. The molecule has 2 fully saturated rings. The number of ether oxygens (including phenoxy) is 1. The van der Waals surface area contributed by atoms with Gasteiger partial charge < -0.3 is 15.4 Å². The van der Waals surface area contributed by atoms with Crippen molar-refractivity contribution >= 4 is 17.9 Å². The highest BCUT2D eigenvalue weighted by atomic mass is 16.5. The molecule has 1 aliphatic carbocycles. The zero-order valence-electron chi connectivity index (χ0n) is 19.7. The Morgan fingerprint density at radius 3 is 2.44 bits per heavy atom. The molecule has 4 rings (SSSR count). The summed E-state index contributed by atoms with van der Waals surface area (Å²) in [5.74, 6) is -0.439. The number of benzene rings is 1. The molecular weight excluding hydrogens is 434 g/mol. The normalized spacial score (nSPS) is 21.7. The van der Waals surface area contributed by atoms with E-state index in [0.29, 0.717) is 25.2 Å². The highest BCUT2D eigenvalue weighted by molar-refractivity contribution is 5.95. The number of esters is 1. The average Bonchev–Trinajstić information content (AvgIpc) is 3.69. The topological polar surface area (TPSA) is 94.2 Å². The second-order valence-electron chi connectivity index (χ2n) is 8.89. The summed E-state index contributed by atoms with van der Waals surface area (Å²) >= 11 is 0. The maximum atomic E-state index is 13.2. The van der Waals surface area contributed by atoms with Crippen LogP contribution in [0.5, 0.6) is 0 Å². The Bertz CT molecular complexity index is 951. The standard InChI is InChI=1S/C25H33N5O4/c1-3-11-26-21(31)17-29-14-12-28(13-15-29)16-20-22(24(32)34-2)23(18-7-5-4-6-8-18)27-25(33)30(20)19-9-10-19/h3-8,19,23H,1,9-17H2,2H3,(H,26,31)(H,27,33). The van der Waals surface area contributed by atoms with Crippen LogP contribution in [0.15, 0.2) is 54.3 Å².